The summed E-state index contributed by atoms with van der Waals surface area (Å²) in [6.45, 7) is 0.843. The first-order valence-electron chi connectivity index (χ1n) is 5.62. The molecule has 4 nitrogen and oxygen atoms in total. The van der Waals surface area contributed by atoms with Crippen LogP contribution in [0, 0.1) is 0 Å². The van der Waals surface area contributed by atoms with E-state index in [-0.39, 0.29) is 0 Å². The molecule has 3 aromatic rings. The summed E-state index contributed by atoms with van der Waals surface area (Å²) in [6.07, 6.45) is 6.28. The number of aromatic nitrogens is 4. The minimum Gasteiger partial charge on any atom is -0.326 e. The van der Waals surface area contributed by atoms with E-state index in [2.05, 4.69) is 19.5 Å². The van der Waals surface area contributed by atoms with Crippen LogP contribution in [0.2, 0.25) is 0 Å². The molecule has 0 unspecified atom stereocenters. The van der Waals surface area contributed by atoms with Crippen molar-refractivity contribution in [1.82, 2.24) is 19.5 Å². The Kier molecular flexibility index (Phi) is 3.25. The fourth-order valence-corrected chi connectivity index (χ4v) is 2.78. The van der Waals surface area contributed by atoms with Gasteiger partial charge < -0.3 is 4.57 Å². The first kappa shape index (κ1) is 11.6. The lowest BCUT2D eigenvalue weighted by molar-refractivity contribution is 0.685. The van der Waals surface area contributed by atoms with Crippen molar-refractivity contribution >= 4 is 34.0 Å². The number of halogens is 1. The minimum absolute atomic E-state index is 0.409. The fraction of sp³-hybridized carbons (Fsp3) is 0.250. The highest BCUT2D eigenvalue weighted by atomic mass is 35.5. The van der Waals surface area contributed by atoms with Gasteiger partial charge in [-0.15, -0.1) is 22.9 Å². The van der Waals surface area contributed by atoms with Gasteiger partial charge in [-0.25, -0.2) is 9.97 Å². The van der Waals surface area contributed by atoms with E-state index in [1.54, 1.807) is 23.7 Å². The van der Waals surface area contributed by atoms with Gasteiger partial charge in [-0.05, 0) is 6.07 Å². The second-order valence-electron chi connectivity index (χ2n) is 3.85. The summed E-state index contributed by atoms with van der Waals surface area (Å²) >= 11 is 7.62. The van der Waals surface area contributed by atoms with Crippen LogP contribution in [0.4, 0.5) is 0 Å². The molecule has 0 aliphatic heterocycles. The van der Waals surface area contributed by atoms with Gasteiger partial charge in [0.1, 0.15) is 11.3 Å². The maximum absolute atomic E-state index is 5.95. The molecule has 0 saturated carbocycles. The number of alkyl halides is 1. The van der Waals surface area contributed by atoms with Gasteiger partial charge in [0.2, 0.25) is 0 Å². The Bertz CT molecular complexity index is 647. The molecule has 0 fully saturated rings. The Morgan fingerprint density at radius 2 is 2.28 bits per heavy atom. The lowest BCUT2D eigenvalue weighted by Gasteiger charge is -2.05. The molecule has 3 aromatic heterocycles. The maximum Gasteiger partial charge on any atom is 0.124 e. The monoisotopic (exact) mass is 278 g/mol. The van der Waals surface area contributed by atoms with Crippen molar-refractivity contribution in [2.45, 2.75) is 18.8 Å². The van der Waals surface area contributed by atoms with Crippen molar-refractivity contribution in [2.24, 2.45) is 0 Å². The molecule has 18 heavy (non-hydrogen) atoms. The number of aryl methyl sites for hydroxylation is 2. The van der Waals surface area contributed by atoms with Crippen LogP contribution in [0.5, 0.6) is 0 Å². The zero-order chi connectivity index (χ0) is 12.4. The molecule has 0 aromatic carbocycles. The smallest absolute Gasteiger partial charge is 0.124 e. The molecule has 0 radical (unpaired) electrons. The average molecular weight is 279 g/mol. The predicted molar refractivity (Wildman–Crippen MR) is 72.9 cm³/mol. The summed E-state index contributed by atoms with van der Waals surface area (Å²) in [4.78, 5) is 12.9. The number of nitrogens with zero attached hydrogens (tertiary/aromatic N) is 4. The molecular weight excluding hydrogens is 268 g/mol. The van der Waals surface area contributed by atoms with Gasteiger partial charge >= 0.3 is 0 Å². The summed E-state index contributed by atoms with van der Waals surface area (Å²) in [7, 11) is 0. The number of hydrogen-bond donors (Lipinski definition) is 0. The highest BCUT2D eigenvalue weighted by Crippen LogP contribution is 2.17. The third kappa shape index (κ3) is 2.11. The number of pyridine rings is 1. The average Bonchev–Trinajstić information content (AvgIpc) is 3.03. The van der Waals surface area contributed by atoms with E-state index < -0.39 is 0 Å². The van der Waals surface area contributed by atoms with Gasteiger partial charge in [-0.3, -0.25) is 4.98 Å². The summed E-state index contributed by atoms with van der Waals surface area (Å²) in [5.74, 6) is 1.29. The van der Waals surface area contributed by atoms with Gasteiger partial charge in [0.25, 0.3) is 0 Å². The molecule has 0 atom stereocenters. The molecule has 6 heteroatoms. The summed E-state index contributed by atoms with van der Waals surface area (Å²) in [5.41, 5.74) is 1.98. The molecule has 3 heterocycles. The Hall–Kier alpha value is -1.46. The Morgan fingerprint density at radius 1 is 1.33 bits per heavy atom. The van der Waals surface area contributed by atoms with Crippen molar-refractivity contribution in [3.63, 3.8) is 0 Å². The molecule has 0 spiro atoms. The Morgan fingerprint density at radius 3 is 3.06 bits per heavy atom. The van der Waals surface area contributed by atoms with E-state index >= 15 is 0 Å². The Balaban J connectivity index is 1.94. The maximum atomic E-state index is 5.95. The second-order valence-corrected chi connectivity index (χ2v) is 5.10. The number of imidazole rings is 1. The molecular formula is C12H11ClN4S. The van der Waals surface area contributed by atoms with Crippen LogP contribution < -0.4 is 0 Å². The van der Waals surface area contributed by atoms with E-state index in [0.717, 1.165) is 34.8 Å². The van der Waals surface area contributed by atoms with Crippen molar-refractivity contribution in [3.05, 3.63) is 40.9 Å². The van der Waals surface area contributed by atoms with Gasteiger partial charge in [0, 0.05) is 30.7 Å². The lowest BCUT2D eigenvalue weighted by Crippen LogP contribution is -2.04. The van der Waals surface area contributed by atoms with Crippen LogP contribution >= 0.6 is 22.9 Å². The molecule has 0 bridgehead atoms. The number of fused-ring (bicyclic) bond motifs is 1. The first-order chi connectivity index (χ1) is 8.88. The van der Waals surface area contributed by atoms with Crippen molar-refractivity contribution < 1.29 is 0 Å². The highest BCUT2D eigenvalue weighted by Gasteiger charge is 2.10. The fourth-order valence-electron chi connectivity index (χ4n) is 1.97. The van der Waals surface area contributed by atoms with E-state index in [1.807, 2.05) is 17.6 Å². The topological polar surface area (TPSA) is 43.6 Å². The summed E-state index contributed by atoms with van der Waals surface area (Å²) in [5, 5.41) is 3.12. The van der Waals surface area contributed by atoms with Gasteiger partial charge in [0.15, 0.2) is 0 Å². The third-order valence-electron chi connectivity index (χ3n) is 2.78. The van der Waals surface area contributed by atoms with E-state index in [4.69, 9.17) is 11.6 Å². The standard InChI is InChI=1S/C12H11ClN4S/c13-7-11-16-9-8-14-3-1-10(9)17(11)5-2-12-15-4-6-18-12/h1,3-4,6,8H,2,5,7H2. The van der Waals surface area contributed by atoms with E-state index in [0.29, 0.717) is 5.88 Å². The summed E-state index contributed by atoms with van der Waals surface area (Å²) < 4.78 is 2.14. The van der Waals surface area contributed by atoms with Gasteiger partial charge in [0.05, 0.1) is 22.6 Å². The van der Waals surface area contributed by atoms with Crippen LogP contribution in [-0.2, 0) is 18.8 Å². The number of rotatable bonds is 4. The normalized spacial score (nSPS) is 11.2. The minimum atomic E-state index is 0.409. The quantitative estimate of drug-likeness (QED) is 0.689. The van der Waals surface area contributed by atoms with Gasteiger partial charge in [-0.2, -0.15) is 0 Å². The SMILES string of the molecule is ClCc1nc2cnccc2n1CCc1nccs1. The number of thiazole rings is 1. The lowest BCUT2D eigenvalue weighted by atomic mass is 10.4. The van der Waals surface area contributed by atoms with Crippen LogP contribution in [0.15, 0.2) is 30.0 Å². The van der Waals surface area contributed by atoms with Crippen molar-refractivity contribution in [2.75, 3.05) is 0 Å². The van der Waals surface area contributed by atoms with Crippen molar-refractivity contribution in [1.29, 1.82) is 0 Å². The largest absolute Gasteiger partial charge is 0.326 e. The molecule has 0 aliphatic rings. The molecule has 0 saturated heterocycles. The van der Waals surface area contributed by atoms with E-state index in [9.17, 15) is 0 Å². The van der Waals surface area contributed by atoms with E-state index in [1.165, 1.54) is 0 Å². The van der Waals surface area contributed by atoms with Crippen LogP contribution in [0.3, 0.4) is 0 Å². The molecule has 92 valence electrons. The predicted octanol–water partition coefficient (Wildman–Crippen LogP) is 2.87. The second kappa shape index (κ2) is 5.04. The van der Waals surface area contributed by atoms with Crippen LogP contribution in [0.25, 0.3) is 11.0 Å². The number of hydrogen-bond acceptors (Lipinski definition) is 4. The molecule has 0 aliphatic carbocycles. The van der Waals surface area contributed by atoms with Crippen LogP contribution in [-0.4, -0.2) is 19.5 Å². The zero-order valence-electron chi connectivity index (χ0n) is 9.58. The molecule has 3 rings (SSSR count). The molecule has 0 N–H and O–H groups in total. The molecule has 0 amide bonds. The van der Waals surface area contributed by atoms with Gasteiger partial charge in [-0.1, -0.05) is 0 Å². The third-order valence-corrected chi connectivity index (χ3v) is 3.86. The highest BCUT2D eigenvalue weighted by molar-refractivity contribution is 7.09. The Labute approximate surface area is 113 Å². The van der Waals surface area contributed by atoms with Crippen molar-refractivity contribution in [3.8, 4) is 0 Å². The summed E-state index contributed by atoms with van der Waals surface area (Å²) in [6, 6.07) is 1.97. The van der Waals surface area contributed by atoms with Crippen LogP contribution in [0.1, 0.15) is 10.8 Å². The first-order valence-corrected chi connectivity index (χ1v) is 7.03. The zero-order valence-corrected chi connectivity index (χ0v) is 11.2.